The highest BCUT2D eigenvalue weighted by Crippen LogP contribution is 2.18. The third kappa shape index (κ3) is 7.02. The van der Waals surface area contributed by atoms with E-state index in [0.717, 1.165) is 19.0 Å². The summed E-state index contributed by atoms with van der Waals surface area (Å²) >= 11 is 1.69. The predicted octanol–water partition coefficient (Wildman–Crippen LogP) is 2.81. The van der Waals surface area contributed by atoms with Crippen LogP contribution < -0.4 is 5.32 Å². The van der Waals surface area contributed by atoms with Gasteiger partial charge >= 0.3 is 0 Å². The maximum atomic E-state index is 12.0. The maximum absolute atomic E-state index is 12.0. The predicted molar refractivity (Wildman–Crippen MR) is 97.7 cm³/mol. The minimum Gasteiger partial charge on any atom is -0.350 e. The number of piperidine rings is 1. The first-order chi connectivity index (χ1) is 11.2. The average molecular weight is 338 g/mol. The molecule has 0 spiro atoms. The Morgan fingerprint density at radius 2 is 2.22 bits per heavy atom. The zero-order chi connectivity index (χ0) is 16.5. The summed E-state index contributed by atoms with van der Waals surface area (Å²) in [7, 11) is 2.24. The molecule has 0 bridgehead atoms. The lowest BCUT2D eigenvalue weighted by Crippen LogP contribution is -2.43. The number of likely N-dealkylation sites (tertiary alicyclic amines) is 1. The first-order valence-electron chi connectivity index (χ1n) is 8.87. The van der Waals surface area contributed by atoms with Crippen LogP contribution in [0.4, 0.5) is 0 Å². The number of hydrogen-bond acceptors (Lipinski definition) is 4. The van der Waals surface area contributed by atoms with E-state index in [1.165, 1.54) is 43.6 Å². The molecule has 23 heavy (non-hydrogen) atoms. The number of hydrogen-bond donors (Lipinski definition) is 1. The van der Waals surface area contributed by atoms with Crippen molar-refractivity contribution in [1.29, 1.82) is 0 Å². The third-order valence-electron chi connectivity index (χ3n) is 4.58. The van der Waals surface area contributed by atoms with Crippen molar-refractivity contribution < 1.29 is 4.79 Å². The molecule has 0 aromatic carbocycles. The van der Waals surface area contributed by atoms with Crippen LogP contribution in [0, 0.1) is 5.92 Å². The molecule has 0 radical (unpaired) electrons. The SMILES string of the molecule is CCCCN(C)CC1CCN(CC(=O)NCc2cccs2)CC1. The summed E-state index contributed by atoms with van der Waals surface area (Å²) in [5.41, 5.74) is 0. The van der Waals surface area contributed by atoms with E-state index in [0.29, 0.717) is 13.1 Å². The zero-order valence-corrected chi connectivity index (χ0v) is 15.4. The van der Waals surface area contributed by atoms with Crippen molar-refractivity contribution in [2.24, 2.45) is 5.92 Å². The first-order valence-corrected chi connectivity index (χ1v) is 9.75. The molecule has 0 atom stereocenters. The molecule has 4 nitrogen and oxygen atoms in total. The Bertz CT molecular complexity index is 441. The van der Waals surface area contributed by atoms with Gasteiger partial charge in [0.1, 0.15) is 0 Å². The van der Waals surface area contributed by atoms with Gasteiger partial charge in [-0.2, -0.15) is 0 Å². The summed E-state index contributed by atoms with van der Waals surface area (Å²) in [6.45, 7) is 7.98. The number of unbranched alkanes of at least 4 members (excludes halogenated alkanes) is 1. The maximum Gasteiger partial charge on any atom is 0.234 e. The molecule has 1 aromatic heterocycles. The number of nitrogens with zero attached hydrogens (tertiary/aromatic N) is 2. The van der Waals surface area contributed by atoms with Gasteiger partial charge in [0.2, 0.25) is 5.91 Å². The van der Waals surface area contributed by atoms with Crippen LogP contribution in [0.2, 0.25) is 0 Å². The number of carbonyl (C=O) groups excluding carboxylic acids is 1. The molecule has 1 N–H and O–H groups in total. The monoisotopic (exact) mass is 337 g/mol. The molecular weight excluding hydrogens is 306 g/mol. The minimum absolute atomic E-state index is 0.150. The standard InChI is InChI=1S/C18H31N3OS/c1-3-4-9-20(2)14-16-7-10-21(11-8-16)15-18(22)19-13-17-6-5-12-23-17/h5-6,12,16H,3-4,7-11,13-15H2,1-2H3,(H,19,22). The lowest BCUT2D eigenvalue weighted by molar-refractivity contribution is -0.122. The summed E-state index contributed by atoms with van der Waals surface area (Å²) in [5.74, 6) is 0.944. The van der Waals surface area contributed by atoms with E-state index in [1.807, 2.05) is 11.4 Å². The highest BCUT2D eigenvalue weighted by molar-refractivity contribution is 7.09. The van der Waals surface area contributed by atoms with Crippen molar-refractivity contribution in [2.75, 3.05) is 39.8 Å². The summed E-state index contributed by atoms with van der Waals surface area (Å²) in [6.07, 6.45) is 4.99. The Morgan fingerprint density at radius 1 is 1.43 bits per heavy atom. The van der Waals surface area contributed by atoms with E-state index < -0.39 is 0 Å². The van der Waals surface area contributed by atoms with Crippen LogP contribution in [-0.2, 0) is 11.3 Å². The molecule has 2 heterocycles. The van der Waals surface area contributed by atoms with Crippen molar-refractivity contribution in [3.05, 3.63) is 22.4 Å². The first kappa shape index (κ1) is 18.4. The van der Waals surface area contributed by atoms with Crippen LogP contribution in [0.3, 0.4) is 0 Å². The molecule has 1 amide bonds. The second kappa shape index (κ2) is 10.1. The third-order valence-corrected chi connectivity index (χ3v) is 5.45. The number of carbonyl (C=O) groups is 1. The van der Waals surface area contributed by atoms with Crippen LogP contribution in [-0.4, -0.2) is 55.5 Å². The van der Waals surface area contributed by atoms with Gasteiger partial charge in [-0.3, -0.25) is 9.69 Å². The summed E-state index contributed by atoms with van der Waals surface area (Å²) in [6, 6.07) is 4.08. The van der Waals surface area contributed by atoms with Crippen LogP contribution in [0.25, 0.3) is 0 Å². The van der Waals surface area contributed by atoms with E-state index in [4.69, 9.17) is 0 Å². The fourth-order valence-electron chi connectivity index (χ4n) is 3.15. The fourth-order valence-corrected chi connectivity index (χ4v) is 3.79. The van der Waals surface area contributed by atoms with Gasteiger partial charge in [0.05, 0.1) is 13.1 Å². The van der Waals surface area contributed by atoms with Gasteiger partial charge in [0.15, 0.2) is 0 Å². The zero-order valence-electron chi connectivity index (χ0n) is 14.6. The molecule has 0 aliphatic carbocycles. The summed E-state index contributed by atoms with van der Waals surface area (Å²) in [4.78, 5) is 18.0. The molecule has 2 rings (SSSR count). The van der Waals surface area contributed by atoms with Crippen LogP contribution >= 0.6 is 11.3 Å². The number of thiophene rings is 1. The van der Waals surface area contributed by atoms with Gasteiger partial charge in [-0.25, -0.2) is 0 Å². The Hall–Kier alpha value is -0.910. The van der Waals surface area contributed by atoms with Gasteiger partial charge in [0.25, 0.3) is 0 Å². The molecule has 1 aromatic rings. The van der Waals surface area contributed by atoms with Gasteiger partial charge < -0.3 is 10.2 Å². The number of amides is 1. The van der Waals surface area contributed by atoms with Crippen LogP contribution in [0.1, 0.15) is 37.5 Å². The second-order valence-electron chi connectivity index (χ2n) is 6.69. The Kier molecular flexibility index (Phi) is 8.06. The quantitative estimate of drug-likeness (QED) is 0.753. The number of rotatable bonds is 9. The normalized spacial score (nSPS) is 16.8. The Morgan fingerprint density at radius 3 is 2.87 bits per heavy atom. The second-order valence-corrected chi connectivity index (χ2v) is 7.72. The summed E-state index contributed by atoms with van der Waals surface area (Å²) in [5, 5.41) is 5.07. The van der Waals surface area contributed by atoms with Crippen molar-refractivity contribution in [3.63, 3.8) is 0 Å². The molecule has 0 saturated carbocycles. The van der Waals surface area contributed by atoms with Crippen LogP contribution in [0.5, 0.6) is 0 Å². The molecule has 1 aliphatic rings. The van der Waals surface area contributed by atoms with Gasteiger partial charge in [-0.15, -0.1) is 11.3 Å². The topological polar surface area (TPSA) is 35.6 Å². The average Bonchev–Trinajstić information content (AvgIpc) is 3.06. The highest BCUT2D eigenvalue weighted by Gasteiger charge is 2.21. The highest BCUT2D eigenvalue weighted by atomic mass is 32.1. The fraction of sp³-hybridized carbons (Fsp3) is 0.722. The molecule has 0 unspecified atom stereocenters. The lowest BCUT2D eigenvalue weighted by atomic mass is 9.96. The van der Waals surface area contributed by atoms with Gasteiger partial charge in [-0.1, -0.05) is 19.4 Å². The van der Waals surface area contributed by atoms with Gasteiger partial charge in [0, 0.05) is 11.4 Å². The van der Waals surface area contributed by atoms with Crippen molar-refractivity contribution >= 4 is 17.2 Å². The van der Waals surface area contributed by atoms with Crippen molar-refractivity contribution in [1.82, 2.24) is 15.1 Å². The molecule has 1 aliphatic heterocycles. The van der Waals surface area contributed by atoms with Crippen molar-refractivity contribution in [3.8, 4) is 0 Å². The number of nitrogens with one attached hydrogen (secondary N) is 1. The molecule has 1 saturated heterocycles. The van der Waals surface area contributed by atoms with E-state index in [1.54, 1.807) is 11.3 Å². The van der Waals surface area contributed by atoms with E-state index >= 15 is 0 Å². The van der Waals surface area contributed by atoms with E-state index in [9.17, 15) is 4.79 Å². The van der Waals surface area contributed by atoms with Crippen LogP contribution in [0.15, 0.2) is 17.5 Å². The minimum atomic E-state index is 0.150. The Balaban J connectivity index is 1.59. The smallest absolute Gasteiger partial charge is 0.234 e. The largest absolute Gasteiger partial charge is 0.350 e. The lowest BCUT2D eigenvalue weighted by Gasteiger charge is -2.33. The van der Waals surface area contributed by atoms with Crippen molar-refractivity contribution in [2.45, 2.75) is 39.2 Å². The molecular formula is C18H31N3OS. The molecule has 5 heteroatoms. The van der Waals surface area contributed by atoms with Gasteiger partial charge in [-0.05, 0) is 63.3 Å². The summed E-state index contributed by atoms with van der Waals surface area (Å²) < 4.78 is 0. The van der Waals surface area contributed by atoms with E-state index in [2.05, 4.69) is 35.2 Å². The van der Waals surface area contributed by atoms with E-state index in [-0.39, 0.29) is 5.91 Å². The molecule has 130 valence electrons. The molecule has 1 fully saturated rings. The Labute approximate surface area is 144 Å².